The molecule has 0 bridgehead atoms. The molecule has 64 valence electrons. The van der Waals surface area contributed by atoms with Gasteiger partial charge in [-0.3, -0.25) is 4.79 Å². The largest absolute Gasteiger partial charge is 0.300 e. The Kier molecular flexibility index (Phi) is 1.80. The van der Waals surface area contributed by atoms with Crippen LogP contribution < -0.4 is 0 Å². The van der Waals surface area contributed by atoms with Gasteiger partial charge in [-0.15, -0.1) is 11.3 Å². The number of ketones is 1. The van der Waals surface area contributed by atoms with Crippen LogP contribution in [0, 0.1) is 12.8 Å². The maximum absolute atomic E-state index is 11.0. The zero-order valence-corrected chi connectivity index (χ0v) is 8.15. The number of carbonyl (C=O) groups excluding carboxylic acids is 1. The molecule has 0 radical (unpaired) electrons. The predicted octanol–water partition coefficient (Wildman–Crippen LogP) is 2.75. The van der Waals surface area contributed by atoms with Gasteiger partial charge < -0.3 is 0 Å². The second kappa shape index (κ2) is 2.70. The summed E-state index contributed by atoms with van der Waals surface area (Å²) in [6.45, 7) is 3.81. The lowest BCUT2D eigenvalue weighted by Gasteiger charge is -1.90. The van der Waals surface area contributed by atoms with E-state index in [-0.39, 0.29) is 0 Å². The summed E-state index contributed by atoms with van der Waals surface area (Å²) in [7, 11) is 0. The van der Waals surface area contributed by atoms with Crippen molar-refractivity contribution >= 4 is 17.1 Å². The molecule has 1 saturated carbocycles. The molecule has 1 fully saturated rings. The third-order valence-electron chi connectivity index (χ3n) is 2.44. The summed E-state index contributed by atoms with van der Waals surface area (Å²) < 4.78 is 0. The van der Waals surface area contributed by atoms with Gasteiger partial charge in [0, 0.05) is 21.6 Å². The minimum atomic E-state index is 0.336. The number of carbonyl (C=O) groups is 1. The van der Waals surface area contributed by atoms with Gasteiger partial charge in [-0.25, -0.2) is 0 Å². The molecule has 1 aliphatic rings. The fourth-order valence-electron chi connectivity index (χ4n) is 1.61. The van der Waals surface area contributed by atoms with Crippen molar-refractivity contribution in [1.82, 2.24) is 0 Å². The average molecular weight is 180 g/mol. The lowest BCUT2D eigenvalue weighted by atomic mass is 10.2. The quantitative estimate of drug-likeness (QED) is 0.684. The van der Waals surface area contributed by atoms with Gasteiger partial charge in [0.15, 0.2) is 0 Å². The monoisotopic (exact) mass is 180 g/mol. The molecule has 1 nitrogen and oxygen atoms in total. The van der Waals surface area contributed by atoms with Crippen molar-refractivity contribution < 1.29 is 4.79 Å². The van der Waals surface area contributed by atoms with Crippen LogP contribution in [0.1, 0.15) is 29.0 Å². The molecular weight excluding hydrogens is 168 g/mol. The molecule has 12 heavy (non-hydrogen) atoms. The van der Waals surface area contributed by atoms with Crippen molar-refractivity contribution in [3.05, 3.63) is 21.9 Å². The highest BCUT2D eigenvalue weighted by molar-refractivity contribution is 7.12. The molecule has 0 N–H and O–H groups in total. The van der Waals surface area contributed by atoms with Gasteiger partial charge in [0.1, 0.15) is 5.78 Å². The third-order valence-corrected chi connectivity index (χ3v) is 3.57. The molecule has 1 aromatic heterocycles. The van der Waals surface area contributed by atoms with E-state index in [0.717, 1.165) is 6.42 Å². The van der Waals surface area contributed by atoms with Crippen molar-refractivity contribution in [2.75, 3.05) is 0 Å². The maximum Gasteiger partial charge on any atom is 0.133 e. The molecule has 0 saturated heterocycles. The molecule has 2 atom stereocenters. The van der Waals surface area contributed by atoms with Crippen LogP contribution >= 0.6 is 11.3 Å². The van der Waals surface area contributed by atoms with E-state index in [1.54, 1.807) is 6.92 Å². The Morgan fingerprint density at radius 2 is 2.33 bits per heavy atom. The Bertz CT molecular complexity index is 313. The molecule has 2 rings (SSSR count). The molecule has 1 aliphatic carbocycles. The summed E-state index contributed by atoms with van der Waals surface area (Å²) >= 11 is 1.83. The van der Waals surface area contributed by atoms with Crippen molar-refractivity contribution in [1.29, 1.82) is 0 Å². The normalized spacial score (nSPS) is 27.2. The minimum absolute atomic E-state index is 0.336. The first kappa shape index (κ1) is 7.99. The van der Waals surface area contributed by atoms with E-state index in [1.807, 2.05) is 11.3 Å². The Hall–Kier alpha value is -0.630. The summed E-state index contributed by atoms with van der Waals surface area (Å²) in [5.41, 5.74) is 0. The summed E-state index contributed by atoms with van der Waals surface area (Å²) in [5, 5.41) is 0. The first-order valence-corrected chi connectivity index (χ1v) is 5.07. The predicted molar refractivity (Wildman–Crippen MR) is 50.6 cm³/mol. The van der Waals surface area contributed by atoms with Gasteiger partial charge >= 0.3 is 0 Å². The van der Waals surface area contributed by atoms with Gasteiger partial charge in [0.25, 0.3) is 0 Å². The first-order chi connectivity index (χ1) is 5.68. The summed E-state index contributed by atoms with van der Waals surface area (Å²) in [5.74, 6) is 1.25. The van der Waals surface area contributed by atoms with Crippen LogP contribution in [-0.2, 0) is 4.79 Å². The van der Waals surface area contributed by atoms with Crippen molar-refractivity contribution in [3.8, 4) is 0 Å². The van der Waals surface area contributed by atoms with Crippen molar-refractivity contribution in [2.24, 2.45) is 5.92 Å². The van der Waals surface area contributed by atoms with Gasteiger partial charge in [-0.2, -0.15) is 0 Å². The van der Waals surface area contributed by atoms with Crippen molar-refractivity contribution in [3.63, 3.8) is 0 Å². The number of aryl methyl sites for hydroxylation is 1. The molecule has 0 aromatic carbocycles. The van der Waals surface area contributed by atoms with E-state index in [0.29, 0.717) is 17.6 Å². The molecular formula is C10H12OS. The van der Waals surface area contributed by atoms with Gasteiger partial charge in [0.2, 0.25) is 0 Å². The van der Waals surface area contributed by atoms with Gasteiger partial charge in [0.05, 0.1) is 0 Å². The first-order valence-electron chi connectivity index (χ1n) is 4.25. The standard InChI is InChI=1S/C10H12OS/c1-6-3-4-10(12-6)9-5-8(9)7(2)11/h3-4,8-9H,5H2,1-2H3/t8-,9-/m1/s1. The summed E-state index contributed by atoms with van der Waals surface area (Å²) in [4.78, 5) is 13.7. The van der Waals surface area contributed by atoms with Crippen LogP contribution in [0.3, 0.4) is 0 Å². The third kappa shape index (κ3) is 1.31. The molecule has 0 amide bonds. The number of hydrogen-bond donors (Lipinski definition) is 0. The number of hydrogen-bond acceptors (Lipinski definition) is 2. The van der Waals surface area contributed by atoms with Gasteiger partial charge in [-0.05, 0) is 32.4 Å². The second-order valence-electron chi connectivity index (χ2n) is 3.51. The summed E-state index contributed by atoms with van der Waals surface area (Å²) in [6, 6.07) is 4.29. The van der Waals surface area contributed by atoms with Crippen LogP contribution in [0.25, 0.3) is 0 Å². The van der Waals surface area contributed by atoms with Gasteiger partial charge in [-0.1, -0.05) is 0 Å². The smallest absolute Gasteiger partial charge is 0.133 e. The Morgan fingerprint density at radius 1 is 1.58 bits per heavy atom. The number of thiophene rings is 1. The van der Waals surface area contributed by atoms with Crippen LogP contribution in [0.4, 0.5) is 0 Å². The molecule has 1 aromatic rings. The number of Topliss-reactive ketones (excluding diaryl/α,β-unsaturated/α-hetero) is 1. The van der Waals surface area contributed by atoms with Crippen LogP contribution in [0.5, 0.6) is 0 Å². The Labute approximate surface area is 76.4 Å². The SMILES string of the molecule is CC(=O)[C@H]1C[C@H]1c1ccc(C)s1. The van der Waals surface area contributed by atoms with E-state index >= 15 is 0 Å². The van der Waals surface area contributed by atoms with E-state index in [1.165, 1.54) is 9.75 Å². The Balaban J connectivity index is 2.10. The topological polar surface area (TPSA) is 17.1 Å². The molecule has 0 unspecified atom stereocenters. The fraction of sp³-hybridized carbons (Fsp3) is 0.500. The highest BCUT2D eigenvalue weighted by Gasteiger charge is 2.42. The van der Waals surface area contributed by atoms with Crippen LogP contribution in [0.15, 0.2) is 12.1 Å². The highest BCUT2D eigenvalue weighted by Crippen LogP contribution is 2.49. The zero-order chi connectivity index (χ0) is 8.72. The lowest BCUT2D eigenvalue weighted by Crippen LogP contribution is -1.93. The minimum Gasteiger partial charge on any atom is -0.300 e. The second-order valence-corrected chi connectivity index (χ2v) is 4.83. The van der Waals surface area contributed by atoms with Crippen molar-refractivity contribution in [2.45, 2.75) is 26.2 Å². The molecule has 1 heterocycles. The van der Waals surface area contributed by atoms with Crippen LogP contribution in [0.2, 0.25) is 0 Å². The zero-order valence-electron chi connectivity index (χ0n) is 7.33. The molecule has 0 spiro atoms. The molecule has 0 aliphatic heterocycles. The van der Waals surface area contributed by atoms with E-state index in [9.17, 15) is 4.79 Å². The lowest BCUT2D eigenvalue weighted by molar-refractivity contribution is -0.118. The fourth-order valence-corrected chi connectivity index (χ4v) is 2.67. The van der Waals surface area contributed by atoms with Crippen LogP contribution in [-0.4, -0.2) is 5.78 Å². The Morgan fingerprint density at radius 3 is 2.75 bits per heavy atom. The van der Waals surface area contributed by atoms with E-state index in [2.05, 4.69) is 19.1 Å². The van der Waals surface area contributed by atoms with E-state index in [4.69, 9.17) is 0 Å². The maximum atomic E-state index is 11.0. The summed E-state index contributed by atoms with van der Waals surface area (Å²) in [6.07, 6.45) is 1.08. The average Bonchev–Trinajstić information content (AvgIpc) is 2.70. The number of rotatable bonds is 2. The molecule has 2 heteroatoms. The van der Waals surface area contributed by atoms with E-state index < -0.39 is 0 Å². The highest BCUT2D eigenvalue weighted by atomic mass is 32.1.